The number of carbonyl (C=O) groups excluding carboxylic acids is 2. The molecule has 198 valence electrons. The van der Waals surface area contributed by atoms with Crippen LogP contribution in [-0.2, 0) is 23.8 Å². The molecule has 0 heterocycles. The lowest BCUT2D eigenvalue weighted by Crippen LogP contribution is -2.22. The van der Waals surface area contributed by atoms with Crippen molar-refractivity contribution in [1.82, 2.24) is 4.90 Å². The summed E-state index contributed by atoms with van der Waals surface area (Å²) in [6.45, 7) is 15.8. The van der Waals surface area contributed by atoms with E-state index in [2.05, 4.69) is 86.4 Å². The first kappa shape index (κ1) is 34.2. The first-order valence-corrected chi connectivity index (χ1v) is 12.4. The van der Waals surface area contributed by atoms with Crippen LogP contribution in [0.15, 0.2) is 30.3 Å². The molecule has 6 nitrogen and oxygen atoms in total. The molecule has 0 aliphatic carbocycles. The van der Waals surface area contributed by atoms with Gasteiger partial charge in [-0.1, -0.05) is 65.0 Å². The van der Waals surface area contributed by atoms with Crippen molar-refractivity contribution in [2.24, 2.45) is 17.8 Å². The first-order valence-electron chi connectivity index (χ1n) is 12.4. The molecule has 0 aromatic heterocycles. The fraction of sp³-hybridized carbons (Fsp3) is 0.714. The van der Waals surface area contributed by atoms with Crippen molar-refractivity contribution < 1.29 is 23.8 Å². The van der Waals surface area contributed by atoms with Crippen molar-refractivity contribution >= 4 is 11.9 Å². The smallest absolute Gasteiger partial charge is 0.305 e. The molecule has 4 atom stereocenters. The number of carbonyl (C=O) groups is 2. The highest BCUT2D eigenvalue weighted by Crippen LogP contribution is 2.17. The van der Waals surface area contributed by atoms with Crippen LogP contribution in [-0.4, -0.2) is 57.9 Å². The zero-order valence-electron chi connectivity index (χ0n) is 23.6. The molecular weight excluding hydrogens is 430 g/mol. The minimum atomic E-state index is -0.179. The van der Waals surface area contributed by atoms with Gasteiger partial charge in [0.15, 0.2) is 0 Å². The first-order chi connectivity index (χ1) is 15.9. The maximum atomic E-state index is 10.8. The van der Waals surface area contributed by atoms with Crippen LogP contribution in [0.25, 0.3) is 0 Å². The van der Waals surface area contributed by atoms with Crippen LogP contribution in [0.1, 0.15) is 79.3 Å². The van der Waals surface area contributed by atoms with Crippen molar-refractivity contribution in [2.45, 2.75) is 79.9 Å². The molecular formula is C28H51NO5. The van der Waals surface area contributed by atoms with Gasteiger partial charge in [-0.25, -0.2) is 0 Å². The van der Waals surface area contributed by atoms with Crippen LogP contribution < -0.4 is 0 Å². The Bertz CT molecular complexity index is 635. The third-order valence-electron chi connectivity index (χ3n) is 6.26. The Labute approximate surface area is 209 Å². The van der Waals surface area contributed by atoms with Gasteiger partial charge < -0.3 is 14.2 Å². The van der Waals surface area contributed by atoms with Gasteiger partial charge in [-0.05, 0) is 57.2 Å². The zero-order chi connectivity index (χ0) is 26.7. The van der Waals surface area contributed by atoms with E-state index in [1.807, 2.05) is 13.8 Å². The number of nitrogens with zero attached hydrogens (tertiary/aromatic N) is 1. The molecule has 6 heteroatoms. The van der Waals surface area contributed by atoms with Crippen LogP contribution >= 0.6 is 0 Å². The lowest BCUT2D eigenvalue weighted by molar-refractivity contribution is -0.143. The second-order valence-corrected chi connectivity index (χ2v) is 9.27. The summed E-state index contributed by atoms with van der Waals surface area (Å²) in [6, 6.07) is 11.2. The van der Waals surface area contributed by atoms with Gasteiger partial charge in [-0.3, -0.25) is 14.5 Å². The summed E-state index contributed by atoms with van der Waals surface area (Å²) in [4.78, 5) is 23.9. The minimum absolute atomic E-state index is 0.106. The monoisotopic (exact) mass is 481 g/mol. The van der Waals surface area contributed by atoms with Crippen molar-refractivity contribution in [3.8, 4) is 0 Å². The Balaban J connectivity index is 0. The summed E-state index contributed by atoms with van der Waals surface area (Å²) in [5.74, 6) is 0.904. The Morgan fingerprint density at radius 2 is 1.29 bits per heavy atom. The highest BCUT2D eigenvalue weighted by Gasteiger charge is 2.15. The molecule has 0 aliphatic heterocycles. The van der Waals surface area contributed by atoms with Gasteiger partial charge in [-0.15, -0.1) is 0 Å². The quantitative estimate of drug-likeness (QED) is 0.353. The lowest BCUT2D eigenvalue weighted by Gasteiger charge is -2.24. The Morgan fingerprint density at radius 1 is 0.824 bits per heavy atom. The molecule has 1 aromatic carbocycles. The lowest BCUT2D eigenvalue weighted by atomic mass is 9.95. The SMILES string of the molecule is CCCN(C)C(C)c1ccccc1.COC(=O)CC(C)C(C)C.COC(=O)CC(C)C(C)OC. The fourth-order valence-electron chi connectivity index (χ4n) is 2.86. The summed E-state index contributed by atoms with van der Waals surface area (Å²) in [5.41, 5.74) is 1.40. The van der Waals surface area contributed by atoms with E-state index >= 15 is 0 Å². The number of esters is 2. The van der Waals surface area contributed by atoms with E-state index in [0.717, 1.165) is 6.54 Å². The molecule has 0 bridgehead atoms. The normalized spacial score (nSPS) is 14.0. The van der Waals surface area contributed by atoms with E-state index in [0.29, 0.717) is 30.7 Å². The summed E-state index contributed by atoms with van der Waals surface area (Å²) < 4.78 is 14.1. The largest absolute Gasteiger partial charge is 0.469 e. The molecule has 0 amide bonds. The van der Waals surface area contributed by atoms with E-state index in [-0.39, 0.29) is 24.0 Å². The Kier molecular flexibility index (Phi) is 20.6. The highest BCUT2D eigenvalue weighted by atomic mass is 16.5. The molecule has 0 saturated heterocycles. The Hall–Kier alpha value is -1.92. The molecule has 1 rings (SSSR count). The molecule has 4 unspecified atom stereocenters. The van der Waals surface area contributed by atoms with Crippen molar-refractivity contribution in [2.75, 3.05) is 34.9 Å². The molecule has 0 saturated carbocycles. The van der Waals surface area contributed by atoms with E-state index in [1.165, 1.54) is 26.2 Å². The number of rotatable bonds is 11. The average molecular weight is 482 g/mol. The number of hydrogen-bond acceptors (Lipinski definition) is 6. The van der Waals surface area contributed by atoms with Gasteiger partial charge in [0.25, 0.3) is 0 Å². The van der Waals surface area contributed by atoms with Crippen LogP contribution in [0, 0.1) is 17.8 Å². The summed E-state index contributed by atoms with van der Waals surface area (Å²) in [5, 5.41) is 0. The number of ether oxygens (including phenoxy) is 3. The molecule has 0 radical (unpaired) electrons. The predicted octanol–water partition coefficient (Wildman–Crippen LogP) is 6.15. The number of methoxy groups -OCH3 is 3. The molecule has 0 fully saturated rings. The van der Waals surface area contributed by atoms with Crippen LogP contribution in [0.5, 0.6) is 0 Å². The van der Waals surface area contributed by atoms with E-state index < -0.39 is 0 Å². The number of hydrogen-bond donors (Lipinski definition) is 0. The Morgan fingerprint density at radius 3 is 1.68 bits per heavy atom. The molecule has 34 heavy (non-hydrogen) atoms. The van der Waals surface area contributed by atoms with Gasteiger partial charge >= 0.3 is 11.9 Å². The topological polar surface area (TPSA) is 65.1 Å². The maximum Gasteiger partial charge on any atom is 0.305 e. The van der Waals surface area contributed by atoms with Gasteiger partial charge in [0.2, 0.25) is 0 Å². The average Bonchev–Trinajstić information content (AvgIpc) is 2.84. The van der Waals surface area contributed by atoms with E-state index in [4.69, 9.17) is 4.74 Å². The van der Waals surface area contributed by atoms with E-state index in [1.54, 1.807) is 7.11 Å². The summed E-state index contributed by atoms with van der Waals surface area (Å²) in [7, 11) is 6.64. The standard InChI is InChI=1S/C12H19N.C8H16O3.C8H16O2/c1-4-10-13(3)11(2)12-8-6-5-7-9-12;1-6(7(2)10-3)5-8(9)11-4;1-6(2)7(3)5-8(9)10-4/h5-9,11H,4,10H2,1-3H3;6-7H,5H2,1-4H3;6-7H,5H2,1-4H3. The maximum absolute atomic E-state index is 10.8. The van der Waals surface area contributed by atoms with Crippen molar-refractivity contribution in [3.63, 3.8) is 0 Å². The van der Waals surface area contributed by atoms with Gasteiger partial charge in [0.1, 0.15) is 0 Å². The van der Waals surface area contributed by atoms with E-state index in [9.17, 15) is 9.59 Å². The van der Waals surface area contributed by atoms with Gasteiger partial charge in [-0.2, -0.15) is 0 Å². The second kappa shape index (κ2) is 20.5. The van der Waals surface area contributed by atoms with Crippen LogP contribution in [0.4, 0.5) is 0 Å². The van der Waals surface area contributed by atoms with Gasteiger partial charge in [0, 0.05) is 19.6 Å². The second-order valence-electron chi connectivity index (χ2n) is 9.27. The van der Waals surface area contributed by atoms with Crippen LogP contribution in [0.3, 0.4) is 0 Å². The van der Waals surface area contributed by atoms with Gasteiger partial charge in [0.05, 0.1) is 26.7 Å². The third-order valence-corrected chi connectivity index (χ3v) is 6.26. The van der Waals surface area contributed by atoms with Crippen molar-refractivity contribution in [3.05, 3.63) is 35.9 Å². The van der Waals surface area contributed by atoms with Crippen LogP contribution in [0.2, 0.25) is 0 Å². The highest BCUT2D eigenvalue weighted by molar-refractivity contribution is 5.69. The summed E-state index contributed by atoms with van der Waals surface area (Å²) >= 11 is 0. The zero-order valence-corrected chi connectivity index (χ0v) is 23.6. The minimum Gasteiger partial charge on any atom is -0.469 e. The number of benzene rings is 1. The predicted molar refractivity (Wildman–Crippen MR) is 141 cm³/mol. The molecule has 0 N–H and O–H groups in total. The summed E-state index contributed by atoms with van der Waals surface area (Å²) in [6.07, 6.45) is 2.28. The third kappa shape index (κ3) is 16.7. The molecule has 1 aromatic rings. The van der Waals surface area contributed by atoms with Crippen molar-refractivity contribution in [1.29, 1.82) is 0 Å². The molecule has 0 aliphatic rings. The molecule has 0 spiro atoms. The fourth-order valence-corrected chi connectivity index (χ4v) is 2.86.